The van der Waals surface area contributed by atoms with Gasteiger partial charge in [0, 0.05) is 6.54 Å². The summed E-state index contributed by atoms with van der Waals surface area (Å²) >= 11 is 0. The average Bonchev–Trinajstić information content (AvgIpc) is 2.45. The van der Waals surface area contributed by atoms with Gasteiger partial charge in [0.15, 0.2) is 0 Å². The van der Waals surface area contributed by atoms with E-state index in [1.165, 1.54) is 7.11 Å². The molecule has 0 aliphatic rings. The summed E-state index contributed by atoms with van der Waals surface area (Å²) in [6, 6.07) is 9.69. The topological polar surface area (TPSA) is 58.6 Å². The van der Waals surface area contributed by atoms with Crippen molar-refractivity contribution in [1.29, 1.82) is 0 Å². The monoisotopic (exact) mass is 264 g/mol. The summed E-state index contributed by atoms with van der Waals surface area (Å²) in [6.45, 7) is 3.33. The number of likely N-dealkylation sites (N-methyl/N-ethyl adjacent to an activating group) is 1. The maximum absolute atomic E-state index is 11.8. The van der Waals surface area contributed by atoms with Crippen LogP contribution in [-0.2, 0) is 20.9 Å². The van der Waals surface area contributed by atoms with Gasteiger partial charge in [0.05, 0.1) is 20.2 Å². The number of carbonyl (C=O) groups is 2. The lowest BCUT2D eigenvalue weighted by Crippen LogP contribution is -2.39. The molecular weight excluding hydrogens is 244 g/mol. The van der Waals surface area contributed by atoms with Crippen LogP contribution in [0, 0.1) is 0 Å². The minimum atomic E-state index is -0.335. The standard InChI is InChI=1S/C14H20N2O3/c1-3-16(11-14(18)19-2)10-13(17)15-9-12-7-5-4-6-8-12/h4-8H,3,9-11H2,1-2H3,(H,15,17). The van der Waals surface area contributed by atoms with Crippen molar-refractivity contribution < 1.29 is 14.3 Å². The molecule has 1 amide bonds. The SMILES string of the molecule is CCN(CC(=O)NCc1ccccc1)CC(=O)OC. The largest absolute Gasteiger partial charge is 0.468 e. The van der Waals surface area contributed by atoms with Gasteiger partial charge in [-0.3, -0.25) is 14.5 Å². The molecule has 0 aliphatic heterocycles. The van der Waals surface area contributed by atoms with Crippen molar-refractivity contribution in [2.45, 2.75) is 13.5 Å². The predicted octanol–water partition coefficient (Wildman–Crippen LogP) is 0.798. The number of ether oxygens (including phenoxy) is 1. The molecule has 5 nitrogen and oxygen atoms in total. The fourth-order valence-corrected chi connectivity index (χ4v) is 1.58. The fourth-order valence-electron chi connectivity index (χ4n) is 1.58. The first-order chi connectivity index (χ1) is 9.15. The third-order valence-corrected chi connectivity index (χ3v) is 2.73. The number of nitrogens with one attached hydrogen (secondary N) is 1. The molecule has 0 unspecified atom stereocenters. The molecule has 0 atom stereocenters. The molecule has 0 bridgehead atoms. The van der Waals surface area contributed by atoms with Gasteiger partial charge in [-0.2, -0.15) is 0 Å². The molecule has 0 saturated carbocycles. The normalized spacial score (nSPS) is 10.3. The quantitative estimate of drug-likeness (QED) is 0.740. The number of hydrogen-bond donors (Lipinski definition) is 1. The van der Waals surface area contributed by atoms with E-state index in [9.17, 15) is 9.59 Å². The van der Waals surface area contributed by atoms with E-state index in [4.69, 9.17) is 0 Å². The van der Waals surface area contributed by atoms with Gasteiger partial charge in [0.25, 0.3) is 0 Å². The van der Waals surface area contributed by atoms with Gasteiger partial charge in [-0.1, -0.05) is 37.3 Å². The number of esters is 1. The summed E-state index contributed by atoms with van der Waals surface area (Å²) in [7, 11) is 1.34. The molecule has 0 aliphatic carbocycles. The van der Waals surface area contributed by atoms with Crippen molar-refractivity contribution in [3.05, 3.63) is 35.9 Å². The molecule has 0 aromatic heterocycles. The minimum absolute atomic E-state index is 0.102. The Bertz CT molecular complexity index is 406. The Morgan fingerprint density at radius 3 is 2.47 bits per heavy atom. The Labute approximate surface area is 113 Å². The second-order valence-corrected chi connectivity index (χ2v) is 4.14. The third kappa shape index (κ3) is 6.01. The van der Waals surface area contributed by atoms with Gasteiger partial charge < -0.3 is 10.1 Å². The van der Waals surface area contributed by atoms with Gasteiger partial charge in [0.1, 0.15) is 0 Å². The molecule has 19 heavy (non-hydrogen) atoms. The fraction of sp³-hybridized carbons (Fsp3) is 0.429. The summed E-state index contributed by atoms with van der Waals surface area (Å²) in [6.07, 6.45) is 0. The Kier molecular flexibility index (Phi) is 6.60. The van der Waals surface area contributed by atoms with Gasteiger partial charge in [0.2, 0.25) is 5.91 Å². The van der Waals surface area contributed by atoms with E-state index < -0.39 is 0 Å². The molecule has 1 aromatic carbocycles. The zero-order valence-electron chi connectivity index (χ0n) is 11.4. The van der Waals surface area contributed by atoms with Gasteiger partial charge in [-0.25, -0.2) is 0 Å². The lowest BCUT2D eigenvalue weighted by Gasteiger charge is -2.18. The summed E-state index contributed by atoms with van der Waals surface area (Å²) in [4.78, 5) is 24.6. The number of benzene rings is 1. The molecule has 0 fully saturated rings. The lowest BCUT2D eigenvalue weighted by atomic mass is 10.2. The molecule has 0 spiro atoms. The minimum Gasteiger partial charge on any atom is -0.468 e. The van der Waals surface area contributed by atoms with E-state index in [2.05, 4.69) is 10.1 Å². The summed E-state index contributed by atoms with van der Waals surface area (Å²) in [5.41, 5.74) is 1.05. The number of methoxy groups -OCH3 is 1. The molecule has 0 radical (unpaired) electrons. The number of carbonyl (C=O) groups excluding carboxylic acids is 2. The van der Waals surface area contributed by atoms with Crippen LogP contribution in [0.4, 0.5) is 0 Å². The molecule has 104 valence electrons. The highest BCUT2D eigenvalue weighted by Crippen LogP contribution is 1.97. The van der Waals surface area contributed by atoms with E-state index in [1.54, 1.807) is 4.90 Å². The van der Waals surface area contributed by atoms with E-state index in [1.807, 2.05) is 37.3 Å². The van der Waals surface area contributed by atoms with Crippen LogP contribution < -0.4 is 5.32 Å². The van der Waals surface area contributed by atoms with Crippen molar-refractivity contribution in [2.75, 3.05) is 26.7 Å². The second kappa shape index (κ2) is 8.26. The Morgan fingerprint density at radius 2 is 1.89 bits per heavy atom. The first-order valence-corrected chi connectivity index (χ1v) is 6.25. The maximum atomic E-state index is 11.8. The van der Waals surface area contributed by atoms with Crippen LogP contribution in [0.2, 0.25) is 0 Å². The van der Waals surface area contributed by atoms with Crippen molar-refractivity contribution in [3.63, 3.8) is 0 Å². The smallest absolute Gasteiger partial charge is 0.319 e. The predicted molar refractivity (Wildman–Crippen MR) is 72.4 cm³/mol. The Morgan fingerprint density at radius 1 is 1.21 bits per heavy atom. The number of nitrogens with zero attached hydrogens (tertiary/aromatic N) is 1. The van der Waals surface area contributed by atoms with Crippen LogP contribution >= 0.6 is 0 Å². The van der Waals surface area contributed by atoms with Crippen LogP contribution in [0.25, 0.3) is 0 Å². The van der Waals surface area contributed by atoms with Crippen molar-refractivity contribution in [3.8, 4) is 0 Å². The van der Waals surface area contributed by atoms with Crippen LogP contribution in [0.15, 0.2) is 30.3 Å². The van der Waals surface area contributed by atoms with Gasteiger partial charge >= 0.3 is 5.97 Å². The van der Waals surface area contributed by atoms with Gasteiger partial charge in [-0.05, 0) is 12.1 Å². The zero-order valence-corrected chi connectivity index (χ0v) is 11.4. The van der Waals surface area contributed by atoms with E-state index in [-0.39, 0.29) is 25.0 Å². The zero-order chi connectivity index (χ0) is 14.1. The van der Waals surface area contributed by atoms with Crippen LogP contribution in [0.1, 0.15) is 12.5 Å². The molecule has 0 saturated heterocycles. The maximum Gasteiger partial charge on any atom is 0.319 e. The number of rotatable bonds is 7. The highest BCUT2D eigenvalue weighted by atomic mass is 16.5. The molecule has 5 heteroatoms. The summed E-state index contributed by atoms with van der Waals surface area (Å²) in [5.74, 6) is -0.438. The second-order valence-electron chi connectivity index (χ2n) is 4.14. The number of amides is 1. The molecule has 1 N–H and O–H groups in total. The van der Waals surface area contributed by atoms with Crippen molar-refractivity contribution in [2.24, 2.45) is 0 Å². The highest BCUT2D eigenvalue weighted by Gasteiger charge is 2.12. The third-order valence-electron chi connectivity index (χ3n) is 2.73. The van der Waals surface area contributed by atoms with Crippen LogP contribution in [0.3, 0.4) is 0 Å². The van der Waals surface area contributed by atoms with Crippen molar-refractivity contribution in [1.82, 2.24) is 10.2 Å². The lowest BCUT2D eigenvalue weighted by molar-refractivity contribution is -0.142. The molecule has 1 rings (SSSR count). The highest BCUT2D eigenvalue weighted by molar-refractivity contribution is 5.79. The molecule has 1 aromatic rings. The number of hydrogen-bond acceptors (Lipinski definition) is 4. The average molecular weight is 264 g/mol. The Balaban J connectivity index is 2.35. The van der Waals surface area contributed by atoms with Crippen molar-refractivity contribution >= 4 is 11.9 Å². The van der Waals surface area contributed by atoms with E-state index in [0.29, 0.717) is 13.1 Å². The summed E-state index contributed by atoms with van der Waals surface area (Å²) < 4.78 is 4.58. The van der Waals surface area contributed by atoms with Crippen LogP contribution in [0.5, 0.6) is 0 Å². The molecule has 0 heterocycles. The van der Waals surface area contributed by atoms with Gasteiger partial charge in [-0.15, -0.1) is 0 Å². The molecular formula is C14H20N2O3. The summed E-state index contributed by atoms with van der Waals surface area (Å²) in [5, 5.41) is 2.82. The van der Waals surface area contributed by atoms with E-state index >= 15 is 0 Å². The van der Waals surface area contributed by atoms with E-state index in [0.717, 1.165) is 5.56 Å². The first kappa shape index (κ1) is 15.2. The van der Waals surface area contributed by atoms with Crippen LogP contribution in [-0.4, -0.2) is 43.5 Å². The Hall–Kier alpha value is -1.88. The first-order valence-electron chi connectivity index (χ1n) is 6.25.